The van der Waals surface area contributed by atoms with Gasteiger partial charge in [-0.25, -0.2) is 0 Å². The Kier molecular flexibility index (Phi) is 2.18. The van der Waals surface area contributed by atoms with E-state index in [2.05, 4.69) is 71.5 Å². The normalized spacial score (nSPS) is 17.9. The van der Waals surface area contributed by atoms with Crippen LogP contribution in [0.1, 0.15) is 17.2 Å². The molecule has 0 saturated carbocycles. The number of nitrogens with zero attached hydrogens (tertiary/aromatic N) is 1. The maximum absolute atomic E-state index is 3.57. The van der Waals surface area contributed by atoms with Crippen LogP contribution in [0.4, 0.5) is 5.69 Å². The first-order chi connectivity index (χ1) is 9.33. The third-order valence-corrected chi connectivity index (χ3v) is 4.11. The number of rotatable bonds is 1. The first-order valence-corrected chi connectivity index (χ1v) is 6.70. The first kappa shape index (κ1) is 10.7. The van der Waals surface area contributed by atoms with Crippen LogP contribution >= 0.6 is 0 Å². The quantitative estimate of drug-likeness (QED) is 0.695. The molecule has 0 aliphatic carbocycles. The summed E-state index contributed by atoms with van der Waals surface area (Å²) in [6.07, 6.45) is 0. The lowest BCUT2D eigenvalue weighted by atomic mass is 9.98. The molecule has 2 aromatic carbocycles. The maximum Gasteiger partial charge on any atom is 0.0456 e. The first-order valence-electron chi connectivity index (χ1n) is 6.70. The molecular weight excluding hydrogens is 232 g/mol. The van der Waals surface area contributed by atoms with Gasteiger partial charge in [0.1, 0.15) is 0 Å². The van der Waals surface area contributed by atoms with E-state index in [4.69, 9.17) is 0 Å². The van der Waals surface area contributed by atoms with Crippen molar-refractivity contribution >= 4 is 16.6 Å². The summed E-state index contributed by atoms with van der Waals surface area (Å²) < 4.78 is 0. The summed E-state index contributed by atoms with van der Waals surface area (Å²) in [5, 5.41) is 1.30. The van der Waals surface area contributed by atoms with Gasteiger partial charge < -0.3 is 9.88 Å². The highest BCUT2D eigenvalue weighted by atomic mass is 15.1. The van der Waals surface area contributed by atoms with E-state index < -0.39 is 0 Å². The number of para-hydroxylation sites is 2. The van der Waals surface area contributed by atoms with Crippen molar-refractivity contribution in [1.29, 1.82) is 0 Å². The predicted molar refractivity (Wildman–Crippen MR) is 79.9 cm³/mol. The number of benzene rings is 2. The van der Waals surface area contributed by atoms with E-state index in [1.165, 1.54) is 27.8 Å². The summed E-state index contributed by atoms with van der Waals surface area (Å²) in [6, 6.07) is 19.5. The smallest absolute Gasteiger partial charge is 0.0456 e. The number of fused-ring (bicyclic) bond motifs is 2. The zero-order valence-corrected chi connectivity index (χ0v) is 10.9. The van der Waals surface area contributed by atoms with Crippen molar-refractivity contribution in [3.63, 3.8) is 0 Å². The van der Waals surface area contributed by atoms with Crippen molar-refractivity contribution in [2.24, 2.45) is 0 Å². The predicted octanol–water partition coefficient (Wildman–Crippen LogP) is 3.75. The summed E-state index contributed by atoms with van der Waals surface area (Å²) in [5.41, 5.74) is 5.32. The molecule has 1 aliphatic heterocycles. The van der Waals surface area contributed by atoms with Crippen LogP contribution in [-0.2, 0) is 0 Å². The third-order valence-electron chi connectivity index (χ3n) is 4.11. The molecule has 2 heteroatoms. The molecular formula is C17H16N2. The Morgan fingerprint density at radius 2 is 1.84 bits per heavy atom. The number of H-pyrrole nitrogens is 1. The van der Waals surface area contributed by atoms with Crippen LogP contribution in [0.5, 0.6) is 0 Å². The highest BCUT2D eigenvalue weighted by Crippen LogP contribution is 2.39. The van der Waals surface area contributed by atoms with E-state index >= 15 is 0 Å². The molecule has 1 aliphatic rings. The van der Waals surface area contributed by atoms with Gasteiger partial charge in [-0.1, -0.05) is 36.4 Å². The van der Waals surface area contributed by atoms with E-state index in [-0.39, 0.29) is 0 Å². The van der Waals surface area contributed by atoms with Gasteiger partial charge in [-0.05, 0) is 29.1 Å². The van der Waals surface area contributed by atoms with Gasteiger partial charge in [0.05, 0.1) is 0 Å². The van der Waals surface area contributed by atoms with Crippen molar-refractivity contribution in [3.05, 3.63) is 65.9 Å². The number of aromatic amines is 1. The number of hydrogen-bond acceptors (Lipinski definition) is 1. The van der Waals surface area contributed by atoms with E-state index in [1.54, 1.807) is 0 Å². The van der Waals surface area contributed by atoms with Crippen LogP contribution < -0.4 is 4.90 Å². The molecule has 0 saturated heterocycles. The van der Waals surface area contributed by atoms with Crippen molar-refractivity contribution in [2.45, 2.75) is 5.92 Å². The molecule has 1 aromatic heterocycles. The second kappa shape index (κ2) is 3.89. The lowest BCUT2D eigenvalue weighted by molar-refractivity contribution is 0.817. The van der Waals surface area contributed by atoms with E-state index in [0.29, 0.717) is 5.92 Å². The molecule has 0 radical (unpaired) electrons. The minimum Gasteiger partial charge on any atom is -0.373 e. The molecule has 1 unspecified atom stereocenters. The largest absolute Gasteiger partial charge is 0.373 e. The molecule has 0 spiro atoms. The van der Waals surface area contributed by atoms with E-state index in [1.807, 2.05) is 0 Å². The fourth-order valence-electron chi connectivity index (χ4n) is 3.15. The van der Waals surface area contributed by atoms with Gasteiger partial charge in [-0.3, -0.25) is 0 Å². The number of anilines is 1. The lowest BCUT2D eigenvalue weighted by Gasteiger charge is -2.11. The second-order valence-corrected chi connectivity index (χ2v) is 5.30. The van der Waals surface area contributed by atoms with Gasteiger partial charge >= 0.3 is 0 Å². The van der Waals surface area contributed by atoms with Crippen LogP contribution in [0.3, 0.4) is 0 Å². The van der Waals surface area contributed by atoms with Crippen molar-refractivity contribution in [1.82, 2.24) is 4.98 Å². The Morgan fingerprint density at radius 1 is 1.05 bits per heavy atom. The number of nitrogens with one attached hydrogen (secondary N) is 1. The molecule has 0 bridgehead atoms. The molecule has 4 rings (SSSR count). The molecule has 94 valence electrons. The van der Waals surface area contributed by atoms with Crippen LogP contribution in [0.2, 0.25) is 0 Å². The summed E-state index contributed by atoms with van der Waals surface area (Å²) in [4.78, 5) is 5.91. The number of hydrogen-bond donors (Lipinski definition) is 1. The van der Waals surface area contributed by atoms with Crippen LogP contribution in [0.15, 0.2) is 54.6 Å². The Balaban J connectivity index is 1.85. The third kappa shape index (κ3) is 1.56. The zero-order valence-electron chi connectivity index (χ0n) is 10.9. The highest BCUT2D eigenvalue weighted by molar-refractivity contribution is 5.81. The van der Waals surface area contributed by atoms with E-state index in [9.17, 15) is 0 Å². The van der Waals surface area contributed by atoms with Crippen molar-refractivity contribution < 1.29 is 0 Å². The Morgan fingerprint density at radius 3 is 2.74 bits per heavy atom. The standard InChI is InChI=1S/C17H16N2/c1-19-11-14(13-7-3-5-9-17(13)19)16-10-12-6-2-4-8-15(12)18-16/h2-10,14,18H,11H2,1H3. The second-order valence-electron chi connectivity index (χ2n) is 5.30. The molecule has 2 nitrogen and oxygen atoms in total. The topological polar surface area (TPSA) is 19.0 Å². The Hall–Kier alpha value is -2.22. The average Bonchev–Trinajstić information content (AvgIpc) is 3.01. The van der Waals surface area contributed by atoms with Gasteiger partial charge in [0.25, 0.3) is 0 Å². The fourth-order valence-corrected chi connectivity index (χ4v) is 3.15. The van der Waals surface area contributed by atoms with Gasteiger partial charge in [0, 0.05) is 36.4 Å². The molecule has 2 heterocycles. The van der Waals surface area contributed by atoms with Crippen molar-refractivity contribution in [3.8, 4) is 0 Å². The number of likely N-dealkylation sites (N-methyl/N-ethyl adjacent to an activating group) is 1. The molecule has 19 heavy (non-hydrogen) atoms. The van der Waals surface area contributed by atoms with Gasteiger partial charge in [-0.15, -0.1) is 0 Å². The van der Waals surface area contributed by atoms with Gasteiger partial charge in [0.15, 0.2) is 0 Å². The monoisotopic (exact) mass is 248 g/mol. The SMILES string of the molecule is CN1CC(c2cc3ccccc3[nH]2)c2ccccc21. The maximum atomic E-state index is 3.57. The Bertz CT molecular complexity index is 709. The summed E-state index contributed by atoms with van der Waals surface area (Å²) >= 11 is 0. The zero-order chi connectivity index (χ0) is 12.8. The van der Waals surface area contributed by atoms with Gasteiger partial charge in [0.2, 0.25) is 0 Å². The summed E-state index contributed by atoms with van der Waals surface area (Å²) in [6.45, 7) is 1.05. The van der Waals surface area contributed by atoms with Gasteiger partial charge in [-0.2, -0.15) is 0 Å². The summed E-state index contributed by atoms with van der Waals surface area (Å²) in [7, 11) is 2.17. The molecule has 1 N–H and O–H groups in total. The van der Waals surface area contributed by atoms with Crippen molar-refractivity contribution in [2.75, 3.05) is 18.5 Å². The molecule has 3 aromatic rings. The van der Waals surface area contributed by atoms with Crippen LogP contribution in [0.25, 0.3) is 10.9 Å². The highest BCUT2D eigenvalue weighted by Gasteiger charge is 2.28. The summed E-state index contributed by atoms with van der Waals surface area (Å²) in [5.74, 6) is 0.452. The minimum absolute atomic E-state index is 0.452. The lowest BCUT2D eigenvalue weighted by Crippen LogP contribution is -2.15. The van der Waals surface area contributed by atoms with E-state index in [0.717, 1.165) is 6.54 Å². The number of aromatic nitrogens is 1. The molecule has 0 fully saturated rings. The minimum atomic E-state index is 0.452. The Labute approximate surface area is 112 Å². The van der Waals surface area contributed by atoms with Crippen LogP contribution in [0, 0.1) is 0 Å². The molecule has 1 atom stereocenters. The average molecular weight is 248 g/mol. The fraction of sp³-hybridized carbons (Fsp3) is 0.176. The van der Waals surface area contributed by atoms with Crippen LogP contribution in [-0.4, -0.2) is 18.6 Å². The molecule has 0 amide bonds.